The molecule has 10 aromatic carbocycles. The maximum Gasteiger partial charge on any atom is 0.0465 e. The fraction of sp³-hybridized carbons (Fsp3) is 0.167. The Hall–Kier alpha value is -8.00. The lowest BCUT2D eigenvalue weighted by Crippen LogP contribution is -2.31. The summed E-state index contributed by atoms with van der Waals surface area (Å²) in [6.45, 7) is 7.19. The van der Waals surface area contributed by atoms with Gasteiger partial charge in [-0.15, -0.1) is 0 Å². The van der Waals surface area contributed by atoms with Crippen molar-refractivity contribution in [3.63, 3.8) is 0 Å². The van der Waals surface area contributed by atoms with Crippen molar-refractivity contribution < 1.29 is 0 Å². The maximum absolute atomic E-state index is 2.57. The quantitative estimate of drug-likeness (QED) is 0.154. The topological polar surface area (TPSA) is 3.24 Å². The molecule has 1 spiro atoms. The molecule has 4 atom stereocenters. The minimum atomic E-state index is -0.316. The molecule has 73 heavy (non-hydrogen) atoms. The first-order valence-corrected chi connectivity index (χ1v) is 26.7. The Morgan fingerprint density at radius 2 is 0.863 bits per heavy atom. The lowest BCUT2D eigenvalue weighted by atomic mass is 9.66. The Balaban J connectivity index is 0.847. The zero-order chi connectivity index (χ0) is 48.6. The number of hydrogen-bond acceptors (Lipinski definition) is 1. The van der Waals surface area contributed by atoms with Gasteiger partial charge in [0.1, 0.15) is 0 Å². The number of fused-ring (bicyclic) bond motifs is 14. The van der Waals surface area contributed by atoms with Gasteiger partial charge in [0.05, 0.1) is 0 Å². The molecule has 0 aliphatic heterocycles. The number of anilines is 3. The van der Waals surface area contributed by atoms with Crippen molar-refractivity contribution in [2.24, 2.45) is 11.8 Å². The first-order valence-electron chi connectivity index (χ1n) is 26.7. The van der Waals surface area contributed by atoms with Crippen LogP contribution in [0.15, 0.2) is 231 Å². The van der Waals surface area contributed by atoms with E-state index in [1.165, 1.54) is 120 Å². The monoisotopic (exact) mass is 935 g/mol. The van der Waals surface area contributed by atoms with Gasteiger partial charge in [0.15, 0.2) is 0 Å². The van der Waals surface area contributed by atoms with E-state index < -0.39 is 0 Å². The van der Waals surface area contributed by atoms with E-state index in [1.807, 2.05) is 0 Å². The van der Waals surface area contributed by atoms with E-state index in [-0.39, 0.29) is 16.2 Å². The lowest BCUT2D eigenvalue weighted by molar-refractivity contribution is 0.327. The van der Waals surface area contributed by atoms with Crippen LogP contribution in [-0.4, -0.2) is 0 Å². The number of rotatable bonds is 7. The van der Waals surface area contributed by atoms with Crippen LogP contribution in [0.25, 0.3) is 66.8 Å². The molecule has 0 amide bonds. The van der Waals surface area contributed by atoms with Crippen molar-refractivity contribution in [3.8, 4) is 66.8 Å². The Morgan fingerprint density at radius 3 is 1.55 bits per heavy atom. The summed E-state index contributed by atoms with van der Waals surface area (Å²) in [5.41, 5.74) is 28.8. The third-order valence-corrected chi connectivity index (χ3v) is 18.6. The maximum atomic E-state index is 2.57. The molecule has 5 aliphatic rings. The van der Waals surface area contributed by atoms with Crippen LogP contribution in [0.2, 0.25) is 0 Å². The highest BCUT2D eigenvalue weighted by Gasteiger charge is 2.56. The molecule has 5 aliphatic carbocycles. The summed E-state index contributed by atoms with van der Waals surface area (Å²) >= 11 is 0. The van der Waals surface area contributed by atoms with Gasteiger partial charge in [0.2, 0.25) is 0 Å². The van der Waals surface area contributed by atoms with Crippen molar-refractivity contribution in [3.05, 3.63) is 269 Å². The van der Waals surface area contributed by atoms with Crippen LogP contribution >= 0.6 is 0 Å². The van der Waals surface area contributed by atoms with Gasteiger partial charge in [0, 0.05) is 33.3 Å². The molecule has 2 bridgehead atoms. The molecular weight excluding hydrogens is 879 g/mol. The molecule has 350 valence electrons. The second-order valence-electron chi connectivity index (χ2n) is 22.5. The molecule has 0 aromatic heterocycles. The third-order valence-electron chi connectivity index (χ3n) is 18.6. The standard InChI is InChI=1S/C72H57N/c1-70(2)64-25-12-9-22-59(64)63-24-15-23-62(69(63)70)56-19-8-7-18-55(56)48-31-37-53(38-32-48)73(54-39-41-60-57-20-10-13-26-65(57)71(3,67(60)44-54)50-16-5-4-6-17-50)52-35-29-47(30-36-52)49-33-40-61-58-21-11-14-27-66(58)72(68(61)43-49)45-46-28-34-51(72)42-46/h4-27,29-33,35-41,43-44,46,51H,28,34,42,45H2,1-3H3. The van der Waals surface area contributed by atoms with Crippen molar-refractivity contribution >= 4 is 17.1 Å². The van der Waals surface area contributed by atoms with Crippen molar-refractivity contribution in [2.45, 2.75) is 62.7 Å². The van der Waals surface area contributed by atoms with Gasteiger partial charge >= 0.3 is 0 Å². The van der Waals surface area contributed by atoms with Crippen LogP contribution in [0.5, 0.6) is 0 Å². The number of benzene rings is 10. The second kappa shape index (κ2) is 15.7. The Bertz CT molecular complexity index is 3860. The molecule has 0 heterocycles. The highest BCUT2D eigenvalue weighted by Crippen LogP contribution is 2.66. The average molecular weight is 936 g/mol. The van der Waals surface area contributed by atoms with Crippen LogP contribution < -0.4 is 4.90 Å². The zero-order valence-electron chi connectivity index (χ0n) is 41.9. The summed E-state index contributed by atoms with van der Waals surface area (Å²) in [7, 11) is 0. The SMILES string of the molecule is CC1(C)c2ccccc2-c2cccc(-c3ccccc3-c3ccc(N(c4ccc(-c5ccc6c(c5)C5(CC7CCC5C7)c5ccccc5-6)cc4)c4ccc5c(c4)C(C)(c4ccccc4)c4ccccc4-5)cc3)c21. The van der Waals surface area contributed by atoms with E-state index in [2.05, 4.69) is 256 Å². The second-order valence-corrected chi connectivity index (χ2v) is 22.5. The summed E-state index contributed by atoms with van der Waals surface area (Å²) < 4.78 is 0. The predicted molar refractivity (Wildman–Crippen MR) is 304 cm³/mol. The highest BCUT2D eigenvalue weighted by atomic mass is 15.1. The molecule has 2 fully saturated rings. The minimum absolute atomic E-state index is 0.118. The Kier molecular flexibility index (Phi) is 9.20. The van der Waals surface area contributed by atoms with E-state index in [0.29, 0.717) is 0 Å². The van der Waals surface area contributed by atoms with Crippen LogP contribution in [0.3, 0.4) is 0 Å². The van der Waals surface area contributed by atoms with E-state index in [0.717, 1.165) is 28.9 Å². The van der Waals surface area contributed by atoms with Gasteiger partial charge in [-0.2, -0.15) is 0 Å². The van der Waals surface area contributed by atoms with Crippen molar-refractivity contribution in [2.75, 3.05) is 4.90 Å². The fourth-order valence-corrected chi connectivity index (χ4v) is 15.4. The zero-order valence-corrected chi connectivity index (χ0v) is 41.9. The number of hydrogen-bond donors (Lipinski definition) is 0. The molecule has 15 rings (SSSR count). The van der Waals surface area contributed by atoms with Crippen LogP contribution in [0.4, 0.5) is 17.1 Å². The van der Waals surface area contributed by atoms with Gasteiger partial charge < -0.3 is 4.90 Å². The Morgan fingerprint density at radius 1 is 0.356 bits per heavy atom. The van der Waals surface area contributed by atoms with Crippen molar-refractivity contribution in [1.82, 2.24) is 0 Å². The highest BCUT2D eigenvalue weighted by molar-refractivity contribution is 5.94. The van der Waals surface area contributed by atoms with Gasteiger partial charge in [0.25, 0.3) is 0 Å². The number of nitrogens with zero attached hydrogens (tertiary/aromatic N) is 1. The average Bonchev–Trinajstić information content (AvgIpc) is 4.29. The molecule has 4 unspecified atom stereocenters. The smallest absolute Gasteiger partial charge is 0.0465 e. The van der Waals surface area contributed by atoms with Gasteiger partial charge in [-0.05, 0) is 186 Å². The van der Waals surface area contributed by atoms with Gasteiger partial charge in [-0.1, -0.05) is 208 Å². The van der Waals surface area contributed by atoms with E-state index in [4.69, 9.17) is 0 Å². The van der Waals surface area contributed by atoms with Crippen LogP contribution in [0.1, 0.15) is 85.4 Å². The summed E-state index contributed by atoms with van der Waals surface area (Å²) in [5.74, 6) is 1.58. The van der Waals surface area contributed by atoms with E-state index in [1.54, 1.807) is 11.1 Å². The van der Waals surface area contributed by atoms with E-state index >= 15 is 0 Å². The first-order chi connectivity index (χ1) is 35.8. The summed E-state index contributed by atoms with van der Waals surface area (Å²) in [5, 5.41) is 0. The fourth-order valence-electron chi connectivity index (χ4n) is 15.4. The van der Waals surface area contributed by atoms with Gasteiger partial charge in [-0.25, -0.2) is 0 Å². The summed E-state index contributed by atoms with van der Waals surface area (Å²) in [6, 6.07) is 87.6. The molecule has 0 N–H and O–H groups in total. The van der Waals surface area contributed by atoms with E-state index in [9.17, 15) is 0 Å². The normalized spacial score (nSPS) is 20.8. The predicted octanol–water partition coefficient (Wildman–Crippen LogP) is 18.9. The molecule has 0 radical (unpaired) electrons. The third kappa shape index (κ3) is 6.03. The molecular formula is C72H57N. The Labute approximate surface area is 430 Å². The molecule has 1 heteroatoms. The summed E-state index contributed by atoms with van der Waals surface area (Å²) in [6.07, 6.45) is 5.41. The van der Waals surface area contributed by atoms with Crippen LogP contribution in [-0.2, 0) is 16.2 Å². The summed E-state index contributed by atoms with van der Waals surface area (Å²) in [4.78, 5) is 2.47. The minimum Gasteiger partial charge on any atom is -0.310 e. The molecule has 0 saturated heterocycles. The largest absolute Gasteiger partial charge is 0.310 e. The van der Waals surface area contributed by atoms with Crippen molar-refractivity contribution in [1.29, 1.82) is 0 Å². The van der Waals surface area contributed by atoms with Gasteiger partial charge in [-0.3, -0.25) is 0 Å². The molecule has 10 aromatic rings. The first kappa shape index (κ1) is 42.7. The lowest BCUT2D eigenvalue weighted by Gasteiger charge is -2.36. The molecule has 2 saturated carbocycles. The molecule has 1 nitrogen and oxygen atoms in total. The van der Waals surface area contributed by atoms with Crippen LogP contribution in [0, 0.1) is 11.8 Å².